The number of ether oxygens (including phenoxy) is 1. The first-order chi connectivity index (χ1) is 6.77. The van der Waals surface area contributed by atoms with Crippen molar-refractivity contribution in [1.29, 1.82) is 0 Å². The monoisotopic (exact) mass is 216 g/mol. The van der Waals surface area contributed by atoms with E-state index >= 15 is 0 Å². The van der Waals surface area contributed by atoms with Gasteiger partial charge in [-0.15, -0.1) is 0 Å². The van der Waals surface area contributed by atoms with Gasteiger partial charge >= 0.3 is 0 Å². The topological polar surface area (TPSA) is 9.23 Å². The predicted molar refractivity (Wildman–Crippen MR) is 65.0 cm³/mol. The molecule has 0 N–H and O–H groups in total. The van der Waals surface area contributed by atoms with E-state index in [-0.39, 0.29) is 0 Å². The fourth-order valence-corrected chi connectivity index (χ4v) is 2.31. The molecule has 3 unspecified atom stereocenters. The summed E-state index contributed by atoms with van der Waals surface area (Å²) in [5.74, 6) is 2.34. The lowest BCUT2D eigenvalue weighted by molar-refractivity contribution is -0.0228. The van der Waals surface area contributed by atoms with Crippen molar-refractivity contribution in [2.75, 3.05) is 12.4 Å². The Kier molecular flexibility index (Phi) is 5.95. The lowest BCUT2D eigenvalue weighted by Gasteiger charge is -2.31. The molecule has 3 atom stereocenters. The van der Waals surface area contributed by atoms with Crippen LogP contribution in [0.25, 0.3) is 0 Å². The van der Waals surface area contributed by atoms with Crippen molar-refractivity contribution in [2.24, 2.45) is 11.8 Å². The molecule has 84 valence electrons. The summed E-state index contributed by atoms with van der Waals surface area (Å²) in [7, 11) is 0. The number of hydrogen-bond donors (Lipinski definition) is 1. The van der Waals surface area contributed by atoms with Gasteiger partial charge in [0, 0.05) is 0 Å². The molecular weight excluding hydrogens is 192 g/mol. The molecule has 1 saturated carbocycles. The molecule has 14 heavy (non-hydrogen) atoms. The van der Waals surface area contributed by atoms with Crippen molar-refractivity contribution in [3.8, 4) is 0 Å². The van der Waals surface area contributed by atoms with Crippen molar-refractivity contribution in [2.45, 2.75) is 52.1 Å². The molecule has 0 saturated heterocycles. The van der Waals surface area contributed by atoms with Gasteiger partial charge in [0.1, 0.15) is 0 Å². The van der Waals surface area contributed by atoms with Crippen LogP contribution in [-0.4, -0.2) is 18.5 Å². The zero-order valence-electron chi connectivity index (χ0n) is 9.54. The van der Waals surface area contributed by atoms with Gasteiger partial charge in [0.05, 0.1) is 12.7 Å². The molecule has 1 aliphatic rings. The number of thiol groups is 1. The first kappa shape index (κ1) is 12.4. The highest BCUT2D eigenvalue weighted by Gasteiger charge is 2.24. The molecule has 0 spiro atoms. The van der Waals surface area contributed by atoms with Gasteiger partial charge in [0.2, 0.25) is 0 Å². The smallest absolute Gasteiger partial charge is 0.0603 e. The Labute approximate surface area is 94.0 Å². The van der Waals surface area contributed by atoms with Crippen molar-refractivity contribution in [1.82, 2.24) is 0 Å². The Morgan fingerprint density at radius 1 is 1.36 bits per heavy atom. The normalized spacial score (nSPS) is 30.2. The maximum absolute atomic E-state index is 5.99. The highest BCUT2D eigenvalue weighted by Crippen LogP contribution is 2.29. The molecule has 0 aromatic carbocycles. The molecule has 1 rings (SSSR count). The lowest BCUT2D eigenvalue weighted by Crippen LogP contribution is -2.29. The average Bonchev–Trinajstić information content (AvgIpc) is 2.26. The molecule has 2 heteroatoms. The van der Waals surface area contributed by atoms with Crippen LogP contribution in [0, 0.1) is 11.8 Å². The Balaban J connectivity index is 2.26. The minimum atomic E-state index is 0.538. The van der Waals surface area contributed by atoms with Gasteiger partial charge in [-0.1, -0.05) is 33.1 Å². The molecule has 1 aliphatic carbocycles. The molecule has 0 aliphatic heterocycles. The SMILES string of the molecule is CCC1CCCCC1OCC(C)CS. The summed E-state index contributed by atoms with van der Waals surface area (Å²) in [4.78, 5) is 0. The average molecular weight is 216 g/mol. The van der Waals surface area contributed by atoms with Crippen molar-refractivity contribution in [3.05, 3.63) is 0 Å². The van der Waals surface area contributed by atoms with E-state index in [1.165, 1.54) is 32.1 Å². The maximum atomic E-state index is 5.99. The predicted octanol–water partition coefficient (Wildman–Crippen LogP) is 3.54. The highest BCUT2D eigenvalue weighted by atomic mass is 32.1. The van der Waals surface area contributed by atoms with Crippen molar-refractivity contribution in [3.63, 3.8) is 0 Å². The summed E-state index contributed by atoms with van der Waals surface area (Å²) in [6.07, 6.45) is 7.22. The zero-order valence-corrected chi connectivity index (χ0v) is 10.4. The number of rotatable bonds is 5. The second kappa shape index (κ2) is 6.73. The van der Waals surface area contributed by atoms with E-state index < -0.39 is 0 Å². The Morgan fingerprint density at radius 2 is 2.07 bits per heavy atom. The van der Waals surface area contributed by atoms with Gasteiger partial charge in [0.15, 0.2) is 0 Å². The third-order valence-corrected chi connectivity index (χ3v) is 3.89. The summed E-state index contributed by atoms with van der Waals surface area (Å²) < 4.78 is 5.99. The van der Waals surface area contributed by atoms with Gasteiger partial charge in [-0.25, -0.2) is 0 Å². The van der Waals surface area contributed by atoms with Crippen LogP contribution in [0.5, 0.6) is 0 Å². The third-order valence-electron chi connectivity index (χ3n) is 3.27. The third kappa shape index (κ3) is 3.82. The molecule has 1 fully saturated rings. The fraction of sp³-hybridized carbons (Fsp3) is 1.00. The largest absolute Gasteiger partial charge is 0.378 e. The van der Waals surface area contributed by atoms with Gasteiger partial charge in [-0.2, -0.15) is 12.6 Å². The second-order valence-corrected chi connectivity index (χ2v) is 4.98. The quantitative estimate of drug-likeness (QED) is 0.692. The Hall–Kier alpha value is 0.310. The maximum Gasteiger partial charge on any atom is 0.0603 e. The van der Waals surface area contributed by atoms with Gasteiger partial charge < -0.3 is 4.74 Å². The fourth-order valence-electron chi connectivity index (χ4n) is 2.20. The molecule has 0 amide bonds. The van der Waals surface area contributed by atoms with Gasteiger partial charge in [-0.05, 0) is 30.4 Å². The van der Waals surface area contributed by atoms with E-state index in [1.54, 1.807) is 0 Å². The molecule has 0 aromatic heterocycles. The van der Waals surface area contributed by atoms with E-state index in [0.717, 1.165) is 18.3 Å². The minimum absolute atomic E-state index is 0.538. The van der Waals surface area contributed by atoms with Crippen molar-refractivity contribution < 1.29 is 4.74 Å². The van der Waals surface area contributed by atoms with E-state index in [0.29, 0.717) is 12.0 Å². The van der Waals surface area contributed by atoms with Crippen LogP contribution in [0.3, 0.4) is 0 Å². The van der Waals surface area contributed by atoms with Crippen LogP contribution in [0.15, 0.2) is 0 Å². The highest BCUT2D eigenvalue weighted by molar-refractivity contribution is 7.80. The van der Waals surface area contributed by atoms with Crippen LogP contribution in [0.1, 0.15) is 46.0 Å². The molecule has 0 aromatic rings. The zero-order chi connectivity index (χ0) is 10.4. The molecule has 0 heterocycles. The standard InChI is InChI=1S/C12H24OS/c1-3-11-6-4-5-7-12(11)13-8-10(2)9-14/h10-12,14H,3-9H2,1-2H3. The van der Waals surface area contributed by atoms with E-state index in [1.807, 2.05) is 0 Å². The van der Waals surface area contributed by atoms with E-state index in [2.05, 4.69) is 26.5 Å². The van der Waals surface area contributed by atoms with Crippen LogP contribution in [0.2, 0.25) is 0 Å². The molecular formula is C12H24OS. The van der Waals surface area contributed by atoms with Gasteiger partial charge in [0.25, 0.3) is 0 Å². The Bertz CT molecular complexity index is 149. The molecule has 0 radical (unpaired) electrons. The number of hydrogen-bond acceptors (Lipinski definition) is 2. The van der Waals surface area contributed by atoms with Gasteiger partial charge in [-0.3, -0.25) is 0 Å². The summed E-state index contributed by atoms with van der Waals surface area (Å²) in [6, 6.07) is 0. The first-order valence-corrected chi connectivity index (χ1v) is 6.63. The minimum Gasteiger partial charge on any atom is -0.378 e. The van der Waals surface area contributed by atoms with Crippen LogP contribution >= 0.6 is 12.6 Å². The summed E-state index contributed by atoms with van der Waals surface area (Å²) >= 11 is 4.28. The van der Waals surface area contributed by atoms with Crippen LogP contribution in [0.4, 0.5) is 0 Å². The van der Waals surface area contributed by atoms with E-state index in [9.17, 15) is 0 Å². The second-order valence-electron chi connectivity index (χ2n) is 4.61. The Morgan fingerprint density at radius 3 is 2.71 bits per heavy atom. The summed E-state index contributed by atoms with van der Waals surface area (Å²) in [6.45, 7) is 5.38. The lowest BCUT2D eigenvalue weighted by atomic mass is 9.85. The van der Waals surface area contributed by atoms with Crippen LogP contribution in [-0.2, 0) is 4.74 Å². The molecule has 0 bridgehead atoms. The summed E-state index contributed by atoms with van der Waals surface area (Å²) in [5, 5.41) is 0. The van der Waals surface area contributed by atoms with Crippen molar-refractivity contribution >= 4 is 12.6 Å². The first-order valence-electron chi connectivity index (χ1n) is 6.00. The molecule has 1 nitrogen and oxygen atoms in total. The van der Waals surface area contributed by atoms with E-state index in [4.69, 9.17) is 4.74 Å². The van der Waals surface area contributed by atoms with Crippen LogP contribution < -0.4 is 0 Å². The summed E-state index contributed by atoms with van der Waals surface area (Å²) in [5.41, 5.74) is 0.